The molecule has 1 aliphatic rings. The van der Waals surface area contributed by atoms with E-state index >= 15 is 0 Å². The molecule has 1 saturated carbocycles. The van der Waals surface area contributed by atoms with Crippen LogP contribution in [0.15, 0.2) is 30.5 Å². The number of nitro groups is 1. The maximum absolute atomic E-state index is 11.4. The number of nitrogens with zero attached hydrogens (tertiary/aromatic N) is 2. The third kappa shape index (κ3) is 2.67. The van der Waals surface area contributed by atoms with E-state index in [2.05, 4.69) is 10.3 Å². The maximum atomic E-state index is 11.4. The number of rotatable bonds is 4. The second-order valence-electron chi connectivity index (χ2n) is 5.43. The van der Waals surface area contributed by atoms with E-state index in [1.165, 1.54) is 0 Å². The van der Waals surface area contributed by atoms with Gasteiger partial charge in [0, 0.05) is 18.7 Å². The van der Waals surface area contributed by atoms with Gasteiger partial charge in [-0.05, 0) is 37.1 Å². The van der Waals surface area contributed by atoms with E-state index in [4.69, 9.17) is 0 Å². The number of hydrogen-bond donors (Lipinski definition) is 2. The summed E-state index contributed by atoms with van der Waals surface area (Å²) >= 11 is 0. The number of aliphatic hydroxyl groups is 1. The number of nitrogens with one attached hydrogen (secondary N) is 1. The van der Waals surface area contributed by atoms with Gasteiger partial charge in [-0.15, -0.1) is 0 Å². The SMILES string of the molecule is O=[N+]([O-])c1c(NCC2CCCC2O)ccc2ncccc12. The highest BCUT2D eigenvalue weighted by Crippen LogP contribution is 2.33. The second-order valence-corrected chi connectivity index (χ2v) is 5.43. The summed E-state index contributed by atoms with van der Waals surface area (Å²) in [4.78, 5) is 15.1. The fourth-order valence-electron chi connectivity index (χ4n) is 2.97. The molecule has 1 aliphatic carbocycles. The van der Waals surface area contributed by atoms with Crippen LogP contribution >= 0.6 is 0 Å². The summed E-state index contributed by atoms with van der Waals surface area (Å²) in [6, 6.07) is 6.86. The van der Waals surface area contributed by atoms with Gasteiger partial charge in [0.05, 0.1) is 21.9 Å². The number of pyridine rings is 1. The van der Waals surface area contributed by atoms with Crippen LogP contribution in [0.4, 0.5) is 11.4 Å². The van der Waals surface area contributed by atoms with E-state index in [0.29, 0.717) is 23.1 Å². The van der Waals surface area contributed by atoms with Gasteiger partial charge in [0.25, 0.3) is 0 Å². The first-order valence-corrected chi connectivity index (χ1v) is 7.11. The molecule has 0 radical (unpaired) electrons. The lowest BCUT2D eigenvalue weighted by Gasteiger charge is -2.16. The summed E-state index contributed by atoms with van der Waals surface area (Å²) in [6.45, 7) is 0.549. The van der Waals surface area contributed by atoms with E-state index < -0.39 is 0 Å². The summed E-state index contributed by atoms with van der Waals surface area (Å²) in [5, 5.41) is 24.9. The number of nitro benzene ring substituents is 1. The largest absolute Gasteiger partial charge is 0.393 e. The summed E-state index contributed by atoms with van der Waals surface area (Å²) in [5.41, 5.74) is 1.14. The molecule has 2 atom stereocenters. The van der Waals surface area contributed by atoms with Crippen LogP contribution in [0.1, 0.15) is 19.3 Å². The number of hydrogen-bond acceptors (Lipinski definition) is 5. The number of aromatic nitrogens is 1. The fraction of sp³-hybridized carbons (Fsp3) is 0.400. The third-order valence-electron chi connectivity index (χ3n) is 4.11. The van der Waals surface area contributed by atoms with Crippen LogP contribution in [0.5, 0.6) is 0 Å². The molecule has 2 N–H and O–H groups in total. The van der Waals surface area contributed by atoms with Crippen molar-refractivity contribution < 1.29 is 10.0 Å². The Kier molecular flexibility index (Phi) is 3.70. The number of fused-ring (bicyclic) bond motifs is 1. The van der Waals surface area contributed by atoms with Crippen molar-refractivity contribution in [2.75, 3.05) is 11.9 Å². The third-order valence-corrected chi connectivity index (χ3v) is 4.11. The Labute approximate surface area is 122 Å². The molecule has 2 unspecified atom stereocenters. The molecular formula is C15H17N3O3. The zero-order valence-electron chi connectivity index (χ0n) is 11.5. The highest BCUT2D eigenvalue weighted by molar-refractivity contribution is 5.94. The Hall–Kier alpha value is -2.21. The minimum absolute atomic E-state index is 0.0492. The molecule has 3 rings (SSSR count). The minimum atomic E-state index is -0.378. The van der Waals surface area contributed by atoms with Crippen molar-refractivity contribution in [1.82, 2.24) is 4.98 Å². The van der Waals surface area contributed by atoms with E-state index in [-0.39, 0.29) is 22.6 Å². The molecule has 1 aromatic heterocycles. The standard InChI is InChI=1S/C15H17N3O3/c19-14-5-1-3-10(14)9-17-13-7-6-12-11(4-2-8-16-12)15(13)18(20)21/h2,4,6-8,10,14,17,19H,1,3,5,9H2. The molecule has 0 aliphatic heterocycles. The predicted octanol–water partition coefficient (Wildman–Crippen LogP) is 2.72. The molecule has 6 heteroatoms. The molecule has 1 fully saturated rings. The monoisotopic (exact) mass is 287 g/mol. The first kappa shape index (κ1) is 13.8. The molecule has 0 spiro atoms. The van der Waals surface area contributed by atoms with Gasteiger partial charge < -0.3 is 10.4 Å². The quantitative estimate of drug-likeness (QED) is 0.666. The summed E-state index contributed by atoms with van der Waals surface area (Å²) in [6.07, 6.45) is 4.09. The van der Waals surface area contributed by atoms with Gasteiger partial charge in [0.2, 0.25) is 0 Å². The Morgan fingerprint density at radius 1 is 1.38 bits per heavy atom. The van der Waals surface area contributed by atoms with Crippen LogP contribution in [-0.2, 0) is 0 Å². The van der Waals surface area contributed by atoms with Crippen LogP contribution in [-0.4, -0.2) is 27.7 Å². The van der Waals surface area contributed by atoms with Crippen LogP contribution < -0.4 is 5.32 Å². The lowest BCUT2D eigenvalue weighted by Crippen LogP contribution is -2.22. The van der Waals surface area contributed by atoms with Gasteiger partial charge in [-0.3, -0.25) is 15.1 Å². The fourth-order valence-corrected chi connectivity index (χ4v) is 2.97. The van der Waals surface area contributed by atoms with Crippen molar-refractivity contribution in [3.05, 3.63) is 40.6 Å². The Bertz CT molecular complexity index is 674. The molecule has 1 heterocycles. The highest BCUT2D eigenvalue weighted by Gasteiger charge is 2.26. The van der Waals surface area contributed by atoms with Crippen molar-refractivity contribution in [2.24, 2.45) is 5.92 Å². The van der Waals surface area contributed by atoms with Gasteiger partial charge in [-0.25, -0.2) is 0 Å². The molecule has 21 heavy (non-hydrogen) atoms. The number of anilines is 1. The average Bonchev–Trinajstić information content (AvgIpc) is 2.89. The van der Waals surface area contributed by atoms with Crippen LogP contribution in [0.2, 0.25) is 0 Å². The first-order valence-electron chi connectivity index (χ1n) is 7.11. The molecule has 0 amide bonds. The number of benzene rings is 1. The van der Waals surface area contributed by atoms with Gasteiger partial charge in [-0.2, -0.15) is 0 Å². The van der Waals surface area contributed by atoms with Crippen LogP contribution in [0.25, 0.3) is 10.9 Å². The first-order chi connectivity index (χ1) is 10.2. The molecule has 110 valence electrons. The molecular weight excluding hydrogens is 270 g/mol. The van der Waals surface area contributed by atoms with Crippen LogP contribution in [0, 0.1) is 16.0 Å². The summed E-state index contributed by atoms with van der Waals surface area (Å²) in [7, 11) is 0. The molecule has 2 aromatic rings. The van der Waals surface area contributed by atoms with Gasteiger partial charge in [-0.1, -0.05) is 6.42 Å². The average molecular weight is 287 g/mol. The summed E-state index contributed by atoms with van der Waals surface area (Å²) < 4.78 is 0. The lowest BCUT2D eigenvalue weighted by molar-refractivity contribution is -0.382. The predicted molar refractivity (Wildman–Crippen MR) is 80.2 cm³/mol. The Morgan fingerprint density at radius 2 is 2.24 bits per heavy atom. The highest BCUT2D eigenvalue weighted by atomic mass is 16.6. The van der Waals surface area contributed by atoms with Crippen molar-refractivity contribution in [3.63, 3.8) is 0 Å². The van der Waals surface area contributed by atoms with E-state index in [1.54, 1.807) is 30.5 Å². The zero-order valence-corrected chi connectivity index (χ0v) is 11.5. The van der Waals surface area contributed by atoms with E-state index in [9.17, 15) is 15.2 Å². The number of aliphatic hydroxyl groups excluding tert-OH is 1. The van der Waals surface area contributed by atoms with Crippen molar-refractivity contribution in [1.29, 1.82) is 0 Å². The van der Waals surface area contributed by atoms with Crippen molar-refractivity contribution >= 4 is 22.3 Å². The topological polar surface area (TPSA) is 88.3 Å². The van der Waals surface area contributed by atoms with Gasteiger partial charge in [0.1, 0.15) is 5.69 Å². The smallest absolute Gasteiger partial charge is 0.301 e. The normalized spacial score (nSPS) is 21.6. The van der Waals surface area contributed by atoms with Crippen molar-refractivity contribution in [3.8, 4) is 0 Å². The van der Waals surface area contributed by atoms with Gasteiger partial charge in [0.15, 0.2) is 0 Å². The molecule has 0 bridgehead atoms. The second kappa shape index (κ2) is 5.65. The molecule has 1 aromatic carbocycles. The minimum Gasteiger partial charge on any atom is -0.393 e. The Morgan fingerprint density at radius 3 is 2.95 bits per heavy atom. The molecule has 0 saturated heterocycles. The van der Waals surface area contributed by atoms with E-state index in [1.807, 2.05) is 0 Å². The summed E-state index contributed by atoms with van der Waals surface area (Å²) in [5.74, 6) is 0.161. The van der Waals surface area contributed by atoms with Gasteiger partial charge >= 0.3 is 5.69 Å². The van der Waals surface area contributed by atoms with Crippen LogP contribution in [0.3, 0.4) is 0 Å². The Balaban J connectivity index is 1.90. The van der Waals surface area contributed by atoms with Crippen molar-refractivity contribution in [2.45, 2.75) is 25.4 Å². The lowest BCUT2D eigenvalue weighted by atomic mass is 10.1. The van der Waals surface area contributed by atoms with E-state index in [0.717, 1.165) is 19.3 Å². The maximum Gasteiger partial charge on any atom is 0.301 e. The molecule has 6 nitrogen and oxygen atoms in total. The zero-order chi connectivity index (χ0) is 14.8.